The second-order valence-electron chi connectivity index (χ2n) is 5.00. The molecule has 1 saturated heterocycles. The van der Waals surface area contributed by atoms with Crippen LogP contribution in [0, 0.1) is 0 Å². The average molecular weight is 289 g/mol. The number of hydrogen-bond acceptors (Lipinski definition) is 4. The molecule has 2 aliphatic heterocycles. The number of carbonyl (C=O) groups excluding carboxylic acids is 1. The number of nitrogens with zero attached hydrogens (tertiary/aromatic N) is 1. The van der Waals surface area contributed by atoms with E-state index in [1.54, 1.807) is 4.90 Å². The highest BCUT2D eigenvalue weighted by Crippen LogP contribution is 2.26. The third-order valence-electron chi connectivity index (χ3n) is 3.51. The van der Waals surface area contributed by atoms with Gasteiger partial charge in [0.1, 0.15) is 0 Å². The fourth-order valence-corrected chi connectivity index (χ4v) is 2.45. The maximum Gasteiger partial charge on any atom is 0.414 e. The highest BCUT2D eigenvalue weighted by molar-refractivity contribution is 5.92. The van der Waals surface area contributed by atoms with Crippen LogP contribution in [0.3, 0.4) is 0 Å². The van der Waals surface area contributed by atoms with Crippen LogP contribution in [0.4, 0.5) is 10.5 Å². The Morgan fingerprint density at radius 1 is 1.29 bits per heavy atom. The normalized spacial score (nSPS) is 18.4. The van der Waals surface area contributed by atoms with Crippen molar-refractivity contribution in [3.05, 3.63) is 35.9 Å². The van der Waals surface area contributed by atoms with Gasteiger partial charge in [-0.2, -0.15) is 0 Å². The lowest BCUT2D eigenvalue weighted by Crippen LogP contribution is -2.34. The zero-order valence-corrected chi connectivity index (χ0v) is 11.9. The van der Waals surface area contributed by atoms with Crippen LogP contribution < -0.4 is 4.90 Å². The first kappa shape index (κ1) is 14.1. The summed E-state index contributed by atoms with van der Waals surface area (Å²) in [5.41, 5.74) is 1.91. The van der Waals surface area contributed by atoms with E-state index in [0.717, 1.165) is 17.7 Å². The minimum absolute atomic E-state index is 0.250. The van der Waals surface area contributed by atoms with Crippen LogP contribution in [0.5, 0.6) is 0 Å². The first-order valence-electron chi connectivity index (χ1n) is 7.27. The topological polar surface area (TPSA) is 48.0 Å². The molecule has 21 heavy (non-hydrogen) atoms. The first-order valence-corrected chi connectivity index (χ1v) is 7.27. The summed E-state index contributed by atoms with van der Waals surface area (Å²) >= 11 is 0. The number of fused-ring (bicyclic) bond motifs is 1. The summed E-state index contributed by atoms with van der Waals surface area (Å²) in [5, 5.41) is 0. The molecule has 1 fully saturated rings. The molecule has 0 bridgehead atoms. The van der Waals surface area contributed by atoms with E-state index in [-0.39, 0.29) is 12.4 Å². The number of para-hydroxylation sites is 1. The van der Waals surface area contributed by atoms with E-state index >= 15 is 0 Å². The standard InChI is InChI=1S/C16H19NO4/c18-16(21-12-8-15-19-10-4-11-20-15)17-9-3-6-13-5-1-2-7-14(13)17/h1-3,5-7,15H,4,8-12H2. The summed E-state index contributed by atoms with van der Waals surface area (Å²) in [6.07, 6.45) is 4.88. The van der Waals surface area contributed by atoms with Crippen LogP contribution in [0.15, 0.2) is 30.3 Å². The van der Waals surface area contributed by atoms with Crippen molar-refractivity contribution in [1.29, 1.82) is 0 Å². The van der Waals surface area contributed by atoms with Gasteiger partial charge in [0.25, 0.3) is 0 Å². The van der Waals surface area contributed by atoms with Crippen LogP contribution in [0.25, 0.3) is 6.08 Å². The van der Waals surface area contributed by atoms with Crippen LogP contribution in [0.2, 0.25) is 0 Å². The van der Waals surface area contributed by atoms with Gasteiger partial charge >= 0.3 is 6.09 Å². The van der Waals surface area contributed by atoms with Crippen molar-refractivity contribution in [3.63, 3.8) is 0 Å². The summed E-state index contributed by atoms with van der Waals surface area (Å²) < 4.78 is 16.2. The predicted octanol–water partition coefficient (Wildman–Crippen LogP) is 2.81. The van der Waals surface area contributed by atoms with Gasteiger partial charge in [-0.3, -0.25) is 4.90 Å². The smallest absolute Gasteiger partial charge is 0.414 e. The van der Waals surface area contributed by atoms with Gasteiger partial charge in [0.2, 0.25) is 0 Å². The molecule has 0 atom stereocenters. The Kier molecular flexibility index (Phi) is 4.52. The molecule has 112 valence electrons. The summed E-state index contributed by atoms with van der Waals surface area (Å²) in [6, 6.07) is 7.78. The predicted molar refractivity (Wildman–Crippen MR) is 79.1 cm³/mol. The molecule has 0 saturated carbocycles. The Morgan fingerprint density at radius 2 is 2.10 bits per heavy atom. The van der Waals surface area contributed by atoms with Gasteiger partial charge in [0.05, 0.1) is 25.5 Å². The van der Waals surface area contributed by atoms with E-state index in [1.807, 2.05) is 36.4 Å². The zero-order chi connectivity index (χ0) is 14.5. The van der Waals surface area contributed by atoms with Gasteiger partial charge in [0.15, 0.2) is 6.29 Å². The van der Waals surface area contributed by atoms with Gasteiger partial charge in [-0.05, 0) is 18.1 Å². The molecular weight excluding hydrogens is 270 g/mol. The Balaban J connectivity index is 1.52. The molecule has 0 spiro atoms. The molecule has 0 radical (unpaired) electrons. The second kappa shape index (κ2) is 6.74. The number of carbonyl (C=O) groups is 1. The van der Waals surface area contributed by atoms with Crippen LogP contribution in [-0.2, 0) is 14.2 Å². The fraction of sp³-hybridized carbons (Fsp3) is 0.438. The van der Waals surface area contributed by atoms with E-state index < -0.39 is 0 Å². The van der Waals surface area contributed by atoms with Crippen molar-refractivity contribution in [2.24, 2.45) is 0 Å². The van der Waals surface area contributed by atoms with Crippen molar-refractivity contribution in [3.8, 4) is 0 Å². The quantitative estimate of drug-likeness (QED) is 0.858. The Hall–Kier alpha value is -1.85. The van der Waals surface area contributed by atoms with Gasteiger partial charge < -0.3 is 14.2 Å². The van der Waals surface area contributed by atoms with Crippen LogP contribution in [-0.4, -0.2) is 38.7 Å². The summed E-state index contributed by atoms with van der Waals surface area (Å²) in [5.74, 6) is 0. The Morgan fingerprint density at radius 3 is 2.95 bits per heavy atom. The summed E-state index contributed by atoms with van der Waals surface area (Å²) in [6.45, 7) is 2.25. The van der Waals surface area contributed by atoms with E-state index in [4.69, 9.17) is 14.2 Å². The van der Waals surface area contributed by atoms with Crippen molar-refractivity contribution in [2.45, 2.75) is 19.1 Å². The average Bonchev–Trinajstić information content (AvgIpc) is 2.55. The van der Waals surface area contributed by atoms with E-state index in [1.165, 1.54) is 0 Å². The lowest BCUT2D eigenvalue weighted by molar-refractivity contribution is -0.184. The Labute approximate surface area is 124 Å². The number of ether oxygens (including phenoxy) is 3. The molecule has 2 aliphatic rings. The molecule has 1 aromatic rings. The largest absolute Gasteiger partial charge is 0.449 e. The van der Waals surface area contributed by atoms with Crippen molar-refractivity contribution in [1.82, 2.24) is 0 Å². The maximum absolute atomic E-state index is 12.2. The maximum atomic E-state index is 12.2. The minimum Gasteiger partial charge on any atom is -0.449 e. The Bertz CT molecular complexity index is 523. The minimum atomic E-state index is -0.331. The monoisotopic (exact) mass is 289 g/mol. The highest BCUT2D eigenvalue weighted by atomic mass is 16.7. The van der Waals surface area contributed by atoms with Gasteiger partial charge in [-0.25, -0.2) is 4.79 Å². The summed E-state index contributed by atoms with van der Waals surface area (Å²) in [7, 11) is 0. The van der Waals surface area contributed by atoms with Gasteiger partial charge in [-0.1, -0.05) is 30.4 Å². The molecule has 3 rings (SSSR count). The molecular formula is C16H19NO4. The van der Waals surface area contributed by atoms with Crippen LogP contribution >= 0.6 is 0 Å². The second-order valence-corrected chi connectivity index (χ2v) is 5.00. The molecule has 0 aliphatic carbocycles. The number of benzene rings is 1. The van der Waals surface area contributed by atoms with Gasteiger partial charge in [-0.15, -0.1) is 0 Å². The molecule has 1 aromatic carbocycles. The van der Waals surface area contributed by atoms with Crippen molar-refractivity contribution in [2.75, 3.05) is 31.3 Å². The van der Waals surface area contributed by atoms with Crippen LogP contribution in [0.1, 0.15) is 18.4 Å². The van der Waals surface area contributed by atoms with Crippen molar-refractivity contribution >= 4 is 17.9 Å². The third-order valence-corrected chi connectivity index (χ3v) is 3.51. The molecule has 0 N–H and O–H groups in total. The zero-order valence-electron chi connectivity index (χ0n) is 11.9. The molecule has 0 aromatic heterocycles. The summed E-state index contributed by atoms with van der Waals surface area (Å²) in [4.78, 5) is 13.8. The number of anilines is 1. The molecule has 1 amide bonds. The van der Waals surface area contributed by atoms with E-state index in [0.29, 0.717) is 32.8 Å². The van der Waals surface area contributed by atoms with E-state index in [2.05, 4.69) is 0 Å². The fourth-order valence-electron chi connectivity index (χ4n) is 2.45. The van der Waals surface area contributed by atoms with Crippen molar-refractivity contribution < 1.29 is 19.0 Å². The number of rotatable bonds is 3. The highest BCUT2D eigenvalue weighted by Gasteiger charge is 2.21. The lowest BCUT2D eigenvalue weighted by atomic mass is 10.1. The first-order chi connectivity index (χ1) is 10.3. The molecule has 2 heterocycles. The number of hydrogen-bond donors (Lipinski definition) is 0. The van der Waals surface area contributed by atoms with E-state index in [9.17, 15) is 4.79 Å². The number of amides is 1. The lowest BCUT2D eigenvalue weighted by Gasteiger charge is -2.26. The third kappa shape index (κ3) is 3.43. The molecule has 5 nitrogen and oxygen atoms in total. The van der Waals surface area contributed by atoms with Gasteiger partial charge in [0, 0.05) is 13.0 Å². The molecule has 5 heteroatoms. The SMILES string of the molecule is O=C(OCCC1OCCCO1)N1CC=Cc2ccccc21. The molecule has 0 unspecified atom stereocenters.